The molecule has 1 heterocycles. The van der Waals surface area contributed by atoms with Gasteiger partial charge >= 0.3 is 0 Å². The average molecular weight is 487 g/mol. The number of hydrogen-bond donors (Lipinski definition) is 1. The number of halogens is 1. The maximum Gasteiger partial charge on any atom is 0.255 e. The van der Waals surface area contributed by atoms with E-state index in [1.54, 1.807) is 24.3 Å². The van der Waals surface area contributed by atoms with E-state index in [-0.39, 0.29) is 11.8 Å². The molecule has 1 aliphatic heterocycles. The molecule has 6 heteroatoms. The Balaban J connectivity index is 1.65. The molecule has 31 heavy (non-hydrogen) atoms. The molecule has 0 bridgehead atoms. The molecule has 0 aliphatic carbocycles. The third kappa shape index (κ3) is 6.57. The number of likely N-dealkylation sites (tertiary alicyclic amines) is 1. The molecule has 1 saturated heterocycles. The topological polar surface area (TPSA) is 58.6 Å². The summed E-state index contributed by atoms with van der Waals surface area (Å²) < 4.78 is 6.57. The molecule has 2 aromatic rings. The summed E-state index contributed by atoms with van der Waals surface area (Å²) in [6.07, 6.45) is 7.80. The van der Waals surface area contributed by atoms with Crippen molar-refractivity contribution < 1.29 is 14.3 Å². The maximum absolute atomic E-state index is 13.0. The minimum atomic E-state index is -0.255. The van der Waals surface area contributed by atoms with Crippen molar-refractivity contribution in [3.8, 4) is 5.75 Å². The van der Waals surface area contributed by atoms with E-state index in [2.05, 4.69) is 28.2 Å². The largest absolute Gasteiger partial charge is 0.492 e. The first-order valence-electron chi connectivity index (χ1n) is 11.2. The number of rotatable bonds is 9. The van der Waals surface area contributed by atoms with Gasteiger partial charge in [0.15, 0.2) is 0 Å². The van der Waals surface area contributed by atoms with E-state index in [1.165, 1.54) is 12.8 Å². The highest BCUT2D eigenvalue weighted by Gasteiger charge is 2.21. The highest BCUT2D eigenvalue weighted by Crippen LogP contribution is 2.27. The standard InChI is InChI=1S/C25H31BrN2O3/c1-2-3-4-10-17-31-23-14-13-19(18-21(23)26)24(29)27-22-12-7-6-11-20(22)25(30)28-15-8-5-9-16-28/h6-7,11-14,18H,2-5,8-10,15-17H2,1H3,(H,27,29). The molecule has 0 radical (unpaired) electrons. The van der Waals surface area contributed by atoms with Crippen molar-refractivity contribution >= 4 is 33.4 Å². The number of benzene rings is 2. The second-order valence-electron chi connectivity index (χ2n) is 7.91. The maximum atomic E-state index is 13.0. The first kappa shape index (κ1) is 23.3. The summed E-state index contributed by atoms with van der Waals surface area (Å²) in [4.78, 5) is 27.7. The number of para-hydroxylation sites is 1. The second kappa shape index (κ2) is 11.9. The molecule has 2 amide bonds. The van der Waals surface area contributed by atoms with E-state index in [0.717, 1.165) is 55.4 Å². The second-order valence-corrected chi connectivity index (χ2v) is 8.76. The van der Waals surface area contributed by atoms with Gasteiger partial charge in [-0.15, -0.1) is 0 Å². The number of nitrogens with zero attached hydrogens (tertiary/aromatic N) is 1. The number of ether oxygens (including phenoxy) is 1. The molecule has 1 N–H and O–H groups in total. The summed E-state index contributed by atoms with van der Waals surface area (Å²) in [6.45, 7) is 4.39. The van der Waals surface area contributed by atoms with Gasteiger partial charge in [0.1, 0.15) is 5.75 Å². The van der Waals surface area contributed by atoms with Crippen molar-refractivity contribution in [3.63, 3.8) is 0 Å². The number of hydrogen-bond acceptors (Lipinski definition) is 3. The molecule has 2 aromatic carbocycles. The number of nitrogens with one attached hydrogen (secondary N) is 1. The van der Waals surface area contributed by atoms with Gasteiger partial charge in [-0.1, -0.05) is 38.3 Å². The van der Waals surface area contributed by atoms with Crippen LogP contribution < -0.4 is 10.1 Å². The Morgan fingerprint density at radius 2 is 1.81 bits per heavy atom. The fourth-order valence-corrected chi connectivity index (χ4v) is 4.20. The molecule has 1 fully saturated rings. The summed E-state index contributed by atoms with van der Waals surface area (Å²) in [6, 6.07) is 12.5. The first-order valence-corrected chi connectivity index (χ1v) is 12.0. The van der Waals surface area contributed by atoms with Crippen molar-refractivity contribution in [2.24, 2.45) is 0 Å². The highest BCUT2D eigenvalue weighted by atomic mass is 79.9. The van der Waals surface area contributed by atoms with Crippen LogP contribution in [-0.2, 0) is 0 Å². The van der Waals surface area contributed by atoms with Crippen LogP contribution in [0.2, 0.25) is 0 Å². The lowest BCUT2D eigenvalue weighted by molar-refractivity contribution is 0.0725. The van der Waals surface area contributed by atoms with Crippen LogP contribution in [0.3, 0.4) is 0 Å². The summed E-state index contributed by atoms with van der Waals surface area (Å²) in [5.74, 6) is 0.450. The fourth-order valence-electron chi connectivity index (χ4n) is 3.71. The normalized spacial score (nSPS) is 13.7. The number of amides is 2. The summed E-state index contributed by atoms with van der Waals surface area (Å²) >= 11 is 3.51. The van der Waals surface area contributed by atoms with Crippen LogP contribution in [0.1, 0.15) is 72.6 Å². The zero-order valence-corrected chi connectivity index (χ0v) is 19.7. The molecule has 1 aliphatic rings. The van der Waals surface area contributed by atoms with Gasteiger partial charge in [-0.2, -0.15) is 0 Å². The molecular formula is C25H31BrN2O3. The third-order valence-electron chi connectivity index (χ3n) is 5.50. The van der Waals surface area contributed by atoms with Gasteiger partial charge in [0.25, 0.3) is 11.8 Å². The van der Waals surface area contributed by atoms with Gasteiger partial charge in [0.2, 0.25) is 0 Å². The Labute approximate surface area is 193 Å². The Kier molecular flexibility index (Phi) is 8.95. The molecule has 5 nitrogen and oxygen atoms in total. The lowest BCUT2D eigenvalue weighted by Crippen LogP contribution is -2.36. The minimum Gasteiger partial charge on any atom is -0.492 e. The van der Waals surface area contributed by atoms with Gasteiger partial charge in [-0.3, -0.25) is 9.59 Å². The number of anilines is 1. The van der Waals surface area contributed by atoms with E-state index < -0.39 is 0 Å². The molecule has 166 valence electrons. The molecule has 0 atom stereocenters. The van der Waals surface area contributed by atoms with Crippen LogP contribution in [0.15, 0.2) is 46.9 Å². The zero-order chi connectivity index (χ0) is 22.1. The van der Waals surface area contributed by atoms with Crippen molar-refractivity contribution in [3.05, 3.63) is 58.1 Å². The molecule has 0 saturated carbocycles. The molecular weight excluding hydrogens is 456 g/mol. The Bertz CT molecular complexity index is 894. The molecule has 0 aromatic heterocycles. The quantitative estimate of drug-likeness (QED) is 0.423. The predicted molar refractivity (Wildman–Crippen MR) is 128 cm³/mol. The first-order chi connectivity index (χ1) is 15.1. The fraction of sp³-hybridized carbons (Fsp3) is 0.440. The van der Waals surface area contributed by atoms with Gasteiger partial charge in [-0.05, 0) is 71.9 Å². The summed E-state index contributed by atoms with van der Waals surface area (Å²) in [5.41, 5.74) is 1.57. The van der Waals surface area contributed by atoms with Crippen LogP contribution in [-0.4, -0.2) is 36.4 Å². The SMILES string of the molecule is CCCCCCOc1ccc(C(=O)Nc2ccccc2C(=O)N2CCCCC2)cc1Br. The van der Waals surface area contributed by atoms with Gasteiger partial charge in [0.05, 0.1) is 22.3 Å². The Morgan fingerprint density at radius 1 is 1.03 bits per heavy atom. The summed E-state index contributed by atoms with van der Waals surface area (Å²) in [5, 5.41) is 2.91. The van der Waals surface area contributed by atoms with E-state index >= 15 is 0 Å². The minimum absolute atomic E-state index is 0.0244. The van der Waals surface area contributed by atoms with Crippen molar-refractivity contribution in [2.75, 3.05) is 25.0 Å². The zero-order valence-electron chi connectivity index (χ0n) is 18.2. The predicted octanol–water partition coefficient (Wildman–Crippen LogP) is 6.29. The van der Waals surface area contributed by atoms with Crippen LogP contribution in [0.5, 0.6) is 5.75 Å². The van der Waals surface area contributed by atoms with E-state index in [1.807, 2.05) is 23.1 Å². The van der Waals surface area contributed by atoms with Crippen LogP contribution in [0.4, 0.5) is 5.69 Å². The average Bonchev–Trinajstić information content (AvgIpc) is 2.80. The lowest BCUT2D eigenvalue weighted by Gasteiger charge is -2.27. The number of carbonyl (C=O) groups is 2. The van der Waals surface area contributed by atoms with Gasteiger partial charge in [-0.25, -0.2) is 0 Å². The number of piperidine rings is 1. The molecule has 3 rings (SSSR count). The smallest absolute Gasteiger partial charge is 0.255 e. The third-order valence-corrected chi connectivity index (χ3v) is 6.12. The lowest BCUT2D eigenvalue weighted by atomic mass is 10.1. The van der Waals surface area contributed by atoms with E-state index in [0.29, 0.717) is 23.4 Å². The number of carbonyl (C=O) groups excluding carboxylic acids is 2. The van der Waals surface area contributed by atoms with Crippen molar-refractivity contribution in [1.82, 2.24) is 4.90 Å². The van der Waals surface area contributed by atoms with Gasteiger partial charge < -0.3 is 15.0 Å². The van der Waals surface area contributed by atoms with Gasteiger partial charge in [0, 0.05) is 18.7 Å². The highest BCUT2D eigenvalue weighted by molar-refractivity contribution is 9.10. The monoisotopic (exact) mass is 486 g/mol. The van der Waals surface area contributed by atoms with E-state index in [4.69, 9.17) is 4.74 Å². The van der Waals surface area contributed by atoms with Crippen molar-refractivity contribution in [1.29, 1.82) is 0 Å². The number of unbranched alkanes of at least 4 members (excludes halogenated alkanes) is 3. The van der Waals surface area contributed by atoms with Crippen LogP contribution in [0, 0.1) is 0 Å². The Hall–Kier alpha value is -2.34. The van der Waals surface area contributed by atoms with E-state index in [9.17, 15) is 9.59 Å². The molecule has 0 spiro atoms. The van der Waals surface area contributed by atoms with Crippen LogP contribution >= 0.6 is 15.9 Å². The van der Waals surface area contributed by atoms with Crippen LogP contribution in [0.25, 0.3) is 0 Å². The molecule has 0 unspecified atom stereocenters. The Morgan fingerprint density at radius 3 is 2.55 bits per heavy atom. The van der Waals surface area contributed by atoms with Crippen molar-refractivity contribution in [2.45, 2.75) is 51.9 Å². The summed E-state index contributed by atoms with van der Waals surface area (Å²) in [7, 11) is 0.